The van der Waals surface area contributed by atoms with Crippen LogP contribution in [0.5, 0.6) is 5.75 Å². The van der Waals surface area contributed by atoms with Gasteiger partial charge in [-0.25, -0.2) is 0 Å². The van der Waals surface area contributed by atoms with E-state index in [0.717, 1.165) is 0 Å². The van der Waals surface area contributed by atoms with E-state index in [0.29, 0.717) is 15.2 Å². The average molecular weight is 255 g/mol. The first kappa shape index (κ1) is 11.7. The Labute approximate surface area is 87.3 Å². The van der Waals surface area contributed by atoms with Crippen molar-refractivity contribution in [2.45, 2.75) is 4.90 Å². The van der Waals surface area contributed by atoms with Crippen molar-refractivity contribution in [3.05, 3.63) is 24.3 Å². The van der Waals surface area contributed by atoms with Gasteiger partial charge in [-0.1, -0.05) is 12.1 Å². The number of hydrogen-bond acceptors (Lipinski definition) is 3. The van der Waals surface area contributed by atoms with Crippen molar-refractivity contribution in [3.8, 4) is 5.75 Å². The van der Waals surface area contributed by atoms with Crippen molar-refractivity contribution >= 4 is 19.6 Å². The molecule has 0 spiro atoms. The molecule has 12 heavy (non-hydrogen) atoms. The predicted octanol–water partition coefficient (Wildman–Crippen LogP) is 0.625. The summed E-state index contributed by atoms with van der Waals surface area (Å²) in [6, 6.07) is 6.27. The first-order valence-electron chi connectivity index (χ1n) is 2.76. The molecule has 0 heterocycles. The van der Waals surface area contributed by atoms with Gasteiger partial charge in [0.2, 0.25) is 0 Å². The Bertz CT molecular complexity index is 378. The summed E-state index contributed by atoms with van der Waals surface area (Å²) in [4.78, 5) is 0.348. The molecular formula is C6H5O3S2Zn+. The second kappa shape index (κ2) is 5.35. The van der Waals surface area contributed by atoms with Crippen LogP contribution in [0.2, 0.25) is 0 Å². The quantitative estimate of drug-likeness (QED) is 0.591. The van der Waals surface area contributed by atoms with Gasteiger partial charge in [0.05, 0.1) is 0 Å². The Morgan fingerprint density at radius 2 is 1.83 bits per heavy atom. The summed E-state index contributed by atoms with van der Waals surface area (Å²) in [5, 5.41) is 9.07. The summed E-state index contributed by atoms with van der Waals surface area (Å²) in [6.07, 6.45) is 0. The van der Waals surface area contributed by atoms with Crippen molar-refractivity contribution in [2.75, 3.05) is 0 Å². The van der Waals surface area contributed by atoms with Gasteiger partial charge in [-0.3, -0.25) is 0 Å². The minimum absolute atomic E-state index is 0. The van der Waals surface area contributed by atoms with Crippen LogP contribution >= 0.6 is 0 Å². The van der Waals surface area contributed by atoms with E-state index in [9.17, 15) is 8.42 Å². The Balaban J connectivity index is 0.00000121. The molecule has 1 rings (SSSR count). The molecule has 0 fully saturated rings. The van der Waals surface area contributed by atoms with Crippen molar-refractivity contribution in [1.82, 2.24) is 0 Å². The molecule has 0 radical (unpaired) electrons. The molecule has 0 unspecified atom stereocenters. The molecule has 6 heteroatoms. The van der Waals surface area contributed by atoms with E-state index in [1.165, 1.54) is 12.1 Å². The van der Waals surface area contributed by atoms with Crippen LogP contribution in [0.15, 0.2) is 29.2 Å². The zero-order valence-electron chi connectivity index (χ0n) is 6.10. The third-order valence-electron chi connectivity index (χ3n) is 1.02. The number of para-hydroxylation sites is 1. The minimum atomic E-state index is -2.22. The van der Waals surface area contributed by atoms with Gasteiger partial charge in [0.1, 0.15) is 0 Å². The van der Waals surface area contributed by atoms with E-state index in [2.05, 4.69) is 0 Å². The molecule has 0 aromatic heterocycles. The van der Waals surface area contributed by atoms with E-state index in [1.54, 1.807) is 12.1 Å². The molecule has 0 amide bonds. The zero-order chi connectivity index (χ0) is 8.27. The van der Waals surface area contributed by atoms with Crippen LogP contribution in [0.3, 0.4) is 0 Å². The van der Waals surface area contributed by atoms with Crippen LogP contribution in [0, 0.1) is 0 Å². The van der Waals surface area contributed by atoms with E-state index >= 15 is 0 Å². The van der Waals surface area contributed by atoms with Gasteiger partial charge in [-0.2, -0.15) is 0 Å². The SMILES string of the molecule is O=S(=O)=[S+]c1ccccc1O.[Zn]. The van der Waals surface area contributed by atoms with E-state index in [4.69, 9.17) is 5.11 Å². The van der Waals surface area contributed by atoms with Crippen molar-refractivity contribution in [1.29, 1.82) is 0 Å². The maximum Gasteiger partial charge on any atom is 0.478 e. The summed E-state index contributed by atoms with van der Waals surface area (Å²) in [7, 11) is -1.63. The van der Waals surface area contributed by atoms with Crippen molar-refractivity contribution in [3.63, 3.8) is 0 Å². The Hall–Kier alpha value is -0.317. The second-order valence-corrected chi connectivity index (χ2v) is 4.09. The van der Waals surface area contributed by atoms with Gasteiger partial charge in [0.25, 0.3) is 4.90 Å². The summed E-state index contributed by atoms with van der Waals surface area (Å²) in [5.41, 5.74) is 0. The van der Waals surface area contributed by atoms with Crippen LogP contribution < -0.4 is 0 Å². The van der Waals surface area contributed by atoms with E-state index < -0.39 is 9.26 Å². The number of aromatic hydroxyl groups is 1. The first-order valence-corrected chi connectivity index (χ1v) is 5.16. The zero-order valence-corrected chi connectivity index (χ0v) is 10.7. The van der Waals surface area contributed by atoms with E-state index in [-0.39, 0.29) is 25.2 Å². The fourth-order valence-electron chi connectivity index (χ4n) is 0.601. The Kier molecular flexibility index (Phi) is 5.21. The molecule has 0 atom stereocenters. The first-order chi connectivity index (χ1) is 5.20. The summed E-state index contributed by atoms with van der Waals surface area (Å²) >= 11 is 0. The smallest absolute Gasteiger partial charge is 0.478 e. The summed E-state index contributed by atoms with van der Waals surface area (Å²) in [6.45, 7) is 0. The van der Waals surface area contributed by atoms with Gasteiger partial charge < -0.3 is 5.11 Å². The minimum Gasteiger partial charge on any atom is -0.503 e. The Morgan fingerprint density at radius 1 is 1.25 bits per heavy atom. The Morgan fingerprint density at radius 3 is 2.33 bits per heavy atom. The predicted molar refractivity (Wildman–Crippen MR) is 42.7 cm³/mol. The molecule has 60 valence electrons. The standard InChI is InChI=1S/C6H4O3S2.Zn/c7-5-3-1-2-4-6(5)10-11(8)9;/h1-4H;/p+1. The molecule has 1 N–H and O–H groups in total. The maximum atomic E-state index is 10.2. The van der Waals surface area contributed by atoms with Crippen molar-refractivity contribution in [2.24, 2.45) is 0 Å². The number of phenols is 1. The monoisotopic (exact) mass is 253 g/mol. The van der Waals surface area contributed by atoms with Gasteiger partial charge in [0.15, 0.2) is 5.75 Å². The molecule has 0 aliphatic heterocycles. The molecule has 1 aromatic rings. The second-order valence-electron chi connectivity index (χ2n) is 1.76. The molecule has 0 aliphatic carbocycles. The van der Waals surface area contributed by atoms with E-state index in [1.807, 2.05) is 0 Å². The molecule has 1 aromatic carbocycles. The van der Waals surface area contributed by atoms with Crippen LogP contribution in [-0.2, 0) is 39.1 Å². The van der Waals surface area contributed by atoms with Crippen LogP contribution in [0.4, 0.5) is 0 Å². The van der Waals surface area contributed by atoms with Crippen molar-refractivity contribution < 1.29 is 33.0 Å². The topological polar surface area (TPSA) is 54.4 Å². The third-order valence-corrected chi connectivity index (χ3v) is 2.63. The summed E-state index contributed by atoms with van der Waals surface area (Å²) in [5.74, 6) is -0.0123. The van der Waals surface area contributed by atoms with Gasteiger partial charge in [-0.15, -0.1) is 8.42 Å². The molecule has 0 saturated carbocycles. The van der Waals surface area contributed by atoms with Gasteiger partial charge in [-0.05, 0) is 6.07 Å². The third kappa shape index (κ3) is 3.39. The number of benzene rings is 1. The number of hydrogen-bond donors (Lipinski definition) is 1. The maximum absolute atomic E-state index is 10.2. The van der Waals surface area contributed by atoms with Crippen LogP contribution in [0.25, 0.3) is 0 Å². The fourth-order valence-corrected chi connectivity index (χ4v) is 1.90. The van der Waals surface area contributed by atoms with Gasteiger partial charge in [0, 0.05) is 25.5 Å². The molecule has 3 nitrogen and oxygen atoms in total. The molecule has 0 bridgehead atoms. The normalized spacial score (nSPS) is 8.33. The largest absolute Gasteiger partial charge is 0.503 e. The average Bonchev–Trinajstić information content (AvgIpc) is 1.93. The molecule has 0 aliphatic rings. The summed E-state index contributed by atoms with van der Waals surface area (Å²) < 4.78 is 20.3. The number of phenolic OH excluding ortho intramolecular Hbond substituents is 1. The fraction of sp³-hybridized carbons (Fsp3) is 0. The number of rotatable bonds is 1. The van der Waals surface area contributed by atoms with Crippen LogP contribution in [-0.4, -0.2) is 13.5 Å². The van der Waals surface area contributed by atoms with Crippen LogP contribution in [0.1, 0.15) is 0 Å². The molecule has 0 saturated heterocycles. The molecular weight excluding hydrogens is 250 g/mol. The van der Waals surface area contributed by atoms with Gasteiger partial charge >= 0.3 is 19.6 Å².